The molecule has 1 heterocycles. The molecule has 22 heavy (non-hydrogen) atoms. The average Bonchev–Trinajstić information content (AvgIpc) is 2.55. The van der Waals surface area contributed by atoms with Gasteiger partial charge in [-0.15, -0.1) is 0 Å². The Morgan fingerprint density at radius 2 is 1.95 bits per heavy atom. The maximum Gasteiger partial charge on any atom is 0.137 e. The first kappa shape index (κ1) is 14.3. The third-order valence-electron chi connectivity index (χ3n) is 3.41. The molecule has 112 valence electrons. The topological polar surface area (TPSA) is 47.0 Å². The van der Waals surface area contributed by atoms with E-state index in [1.165, 1.54) is 5.56 Å². The van der Waals surface area contributed by atoms with Crippen LogP contribution in [0.3, 0.4) is 0 Å². The van der Waals surface area contributed by atoms with E-state index in [1.807, 2.05) is 42.5 Å². The number of anilines is 1. The van der Waals surface area contributed by atoms with E-state index in [2.05, 4.69) is 28.3 Å². The van der Waals surface area contributed by atoms with Crippen LogP contribution in [-0.2, 0) is 0 Å². The Balaban J connectivity index is 1.50. The van der Waals surface area contributed by atoms with Crippen molar-refractivity contribution in [2.45, 2.75) is 13.3 Å². The smallest absolute Gasteiger partial charge is 0.137 e. The molecule has 0 unspecified atom stereocenters. The Kier molecular flexibility index (Phi) is 4.49. The van der Waals surface area contributed by atoms with Crippen LogP contribution in [0.5, 0.6) is 5.75 Å². The highest BCUT2D eigenvalue weighted by atomic mass is 16.5. The van der Waals surface area contributed by atoms with Gasteiger partial charge in [0.05, 0.1) is 12.1 Å². The molecular formula is C18H19N3O. The van der Waals surface area contributed by atoms with Crippen LogP contribution in [0, 0.1) is 6.92 Å². The molecule has 0 atom stereocenters. The van der Waals surface area contributed by atoms with Gasteiger partial charge < -0.3 is 10.1 Å². The highest BCUT2D eigenvalue weighted by Gasteiger charge is 2.01. The summed E-state index contributed by atoms with van der Waals surface area (Å²) < 4.78 is 5.74. The Labute approximate surface area is 130 Å². The zero-order valence-electron chi connectivity index (χ0n) is 12.6. The second-order valence-electron chi connectivity index (χ2n) is 5.18. The first-order valence-electron chi connectivity index (χ1n) is 7.46. The Morgan fingerprint density at radius 3 is 2.86 bits per heavy atom. The number of rotatable bonds is 6. The minimum Gasteiger partial charge on any atom is -0.494 e. The molecule has 4 nitrogen and oxygen atoms in total. The van der Waals surface area contributed by atoms with Gasteiger partial charge in [0.15, 0.2) is 0 Å². The van der Waals surface area contributed by atoms with Crippen LogP contribution < -0.4 is 10.1 Å². The van der Waals surface area contributed by atoms with Gasteiger partial charge in [0.25, 0.3) is 0 Å². The summed E-state index contributed by atoms with van der Waals surface area (Å²) in [5.74, 6) is 1.80. The summed E-state index contributed by atoms with van der Waals surface area (Å²) in [5.41, 5.74) is 2.17. The number of hydrogen-bond acceptors (Lipinski definition) is 4. The van der Waals surface area contributed by atoms with E-state index in [0.29, 0.717) is 6.61 Å². The first-order chi connectivity index (χ1) is 10.8. The highest BCUT2D eigenvalue weighted by molar-refractivity contribution is 5.88. The molecule has 3 aromatic rings. The zero-order chi connectivity index (χ0) is 15.2. The Morgan fingerprint density at radius 1 is 1.05 bits per heavy atom. The van der Waals surface area contributed by atoms with Crippen molar-refractivity contribution < 1.29 is 4.74 Å². The van der Waals surface area contributed by atoms with Crippen molar-refractivity contribution in [2.24, 2.45) is 0 Å². The number of nitrogens with zero attached hydrogens (tertiary/aromatic N) is 2. The summed E-state index contributed by atoms with van der Waals surface area (Å²) in [6.45, 7) is 3.56. The van der Waals surface area contributed by atoms with Crippen molar-refractivity contribution in [3.05, 3.63) is 60.4 Å². The summed E-state index contributed by atoms with van der Waals surface area (Å²) in [6, 6.07) is 16.1. The number of fused-ring (bicyclic) bond motifs is 1. The molecule has 0 spiro atoms. The molecule has 3 rings (SSSR count). The average molecular weight is 293 g/mol. The van der Waals surface area contributed by atoms with Gasteiger partial charge in [-0.25, -0.2) is 9.97 Å². The van der Waals surface area contributed by atoms with Crippen LogP contribution in [0.1, 0.15) is 12.0 Å². The van der Waals surface area contributed by atoms with Gasteiger partial charge in [-0.1, -0.05) is 24.3 Å². The number of ether oxygens (including phenoxy) is 1. The van der Waals surface area contributed by atoms with E-state index < -0.39 is 0 Å². The Hall–Kier alpha value is -2.62. The fourth-order valence-corrected chi connectivity index (χ4v) is 2.32. The Bertz CT molecular complexity index is 753. The zero-order valence-corrected chi connectivity index (χ0v) is 12.6. The third-order valence-corrected chi connectivity index (χ3v) is 3.41. The molecular weight excluding hydrogens is 274 g/mol. The largest absolute Gasteiger partial charge is 0.494 e. The van der Waals surface area contributed by atoms with Crippen LogP contribution in [0.2, 0.25) is 0 Å². The van der Waals surface area contributed by atoms with E-state index in [-0.39, 0.29) is 0 Å². The summed E-state index contributed by atoms with van der Waals surface area (Å²) in [5, 5.41) is 4.40. The van der Waals surface area contributed by atoms with E-state index in [0.717, 1.165) is 35.4 Å². The van der Waals surface area contributed by atoms with Crippen molar-refractivity contribution in [3.8, 4) is 5.75 Å². The second kappa shape index (κ2) is 6.89. The number of aromatic nitrogens is 2. The third kappa shape index (κ3) is 3.52. The van der Waals surface area contributed by atoms with Gasteiger partial charge in [-0.05, 0) is 43.2 Å². The summed E-state index contributed by atoms with van der Waals surface area (Å²) in [6.07, 6.45) is 2.50. The van der Waals surface area contributed by atoms with E-state index >= 15 is 0 Å². The van der Waals surface area contributed by atoms with Crippen molar-refractivity contribution in [3.63, 3.8) is 0 Å². The number of para-hydroxylation sites is 1. The molecule has 0 aliphatic carbocycles. The predicted molar refractivity (Wildman–Crippen MR) is 89.3 cm³/mol. The SMILES string of the molecule is Cc1cccc(OCCCNc2ncnc3ccccc23)c1. The van der Waals surface area contributed by atoms with Crippen molar-refractivity contribution in [2.75, 3.05) is 18.5 Å². The highest BCUT2D eigenvalue weighted by Crippen LogP contribution is 2.18. The van der Waals surface area contributed by atoms with Crippen molar-refractivity contribution >= 4 is 16.7 Å². The lowest BCUT2D eigenvalue weighted by Gasteiger charge is -2.09. The molecule has 4 heteroatoms. The molecule has 0 bridgehead atoms. The number of aryl methyl sites for hydroxylation is 1. The number of benzene rings is 2. The van der Waals surface area contributed by atoms with E-state index in [4.69, 9.17) is 4.74 Å². The fraction of sp³-hybridized carbons (Fsp3) is 0.222. The van der Waals surface area contributed by atoms with Gasteiger partial charge in [0.1, 0.15) is 17.9 Å². The maximum absolute atomic E-state index is 5.74. The number of nitrogens with one attached hydrogen (secondary N) is 1. The predicted octanol–water partition coefficient (Wildman–Crippen LogP) is 3.82. The fourth-order valence-electron chi connectivity index (χ4n) is 2.32. The molecule has 0 radical (unpaired) electrons. The van der Waals surface area contributed by atoms with Crippen LogP contribution in [0.15, 0.2) is 54.9 Å². The molecule has 1 N–H and O–H groups in total. The minimum absolute atomic E-state index is 0.680. The molecule has 1 aromatic heterocycles. The van der Waals surface area contributed by atoms with Crippen LogP contribution in [-0.4, -0.2) is 23.1 Å². The van der Waals surface area contributed by atoms with Gasteiger partial charge in [-0.3, -0.25) is 0 Å². The van der Waals surface area contributed by atoms with Crippen LogP contribution in [0.25, 0.3) is 10.9 Å². The normalized spacial score (nSPS) is 10.6. The van der Waals surface area contributed by atoms with E-state index in [1.54, 1.807) is 6.33 Å². The molecule has 0 aliphatic rings. The van der Waals surface area contributed by atoms with Crippen molar-refractivity contribution in [1.29, 1.82) is 0 Å². The summed E-state index contributed by atoms with van der Waals surface area (Å²) in [4.78, 5) is 8.57. The van der Waals surface area contributed by atoms with Gasteiger partial charge in [-0.2, -0.15) is 0 Å². The van der Waals surface area contributed by atoms with Gasteiger partial charge >= 0.3 is 0 Å². The molecule has 2 aromatic carbocycles. The molecule has 0 fully saturated rings. The van der Waals surface area contributed by atoms with Gasteiger partial charge in [0.2, 0.25) is 0 Å². The monoisotopic (exact) mass is 293 g/mol. The molecule has 0 saturated heterocycles. The summed E-state index contributed by atoms with van der Waals surface area (Å²) >= 11 is 0. The maximum atomic E-state index is 5.74. The lowest BCUT2D eigenvalue weighted by Crippen LogP contribution is -2.08. The first-order valence-corrected chi connectivity index (χ1v) is 7.46. The van der Waals surface area contributed by atoms with Crippen LogP contribution in [0.4, 0.5) is 5.82 Å². The van der Waals surface area contributed by atoms with Crippen molar-refractivity contribution in [1.82, 2.24) is 9.97 Å². The van der Waals surface area contributed by atoms with Crippen LogP contribution >= 0.6 is 0 Å². The summed E-state index contributed by atoms with van der Waals surface area (Å²) in [7, 11) is 0. The van der Waals surface area contributed by atoms with Gasteiger partial charge in [0, 0.05) is 11.9 Å². The molecule has 0 aliphatic heterocycles. The lowest BCUT2D eigenvalue weighted by atomic mass is 10.2. The number of hydrogen-bond donors (Lipinski definition) is 1. The minimum atomic E-state index is 0.680. The molecule has 0 amide bonds. The molecule has 0 saturated carbocycles. The quantitative estimate of drug-likeness (QED) is 0.702. The lowest BCUT2D eigenvalue weighted by molar-refractivity contribution is 0.315. The second-order valence-corrected chi connectivity index (χ2v) is 5.18. The van der Waals surface area contributed by atoms with E-state index in [9.17, 15) is 0 Å². The standard InChI is InChI=1S/C18H19N3O/c1-14-6-4-7-15(12-14)22-11-5-10-19-18-16-8-2-3-9-17(16)20-13-21-18/h2-4,6-9,12-13H,5,10-11H2,1H3,(H,19,20,21).